The molecule has 140 valence electrons. The number of likely N-dealkylation sites (tertiary alicyclic amines) is 2. The summed E-state index contributed by atoms with van der Waals surface area (Å²) < 4.78 is 5.16. The molecule has 5 nitrogen and oxygen atoms in total. The first-order valence-electron chi connectivity index (χ1n) is 9.84. The van der Waals surface area contributed by atoms with Gasteiger partial charge in [-0.1, -0.05) is 6.42 Å². The van der Waals surface area contributed by atoms with Crippen LogP contribution in [-0.2, 0) is 4.79 Å². The number of piperidine rings is 1. The van der Waals surface area contributed by atoms with E-state index in [0.29, 0.717) is 30.5 Å². The summed E-state index contributed by atoms with van der Waals surface area (Å²) in [6, 6.07) is 7.23. The van der Waals surface area contributed by atoms with Crippen molar-refractivity contribution >= 4 is 11.8 Å². The molecule has 26 heavy (non-hydrogen) atoms. The van der Waals surface area contributed by atoms with Gasteiger partial charge in [0.15, 0.2) is 0 Å². The third kappa shape index (κ3) is 3.08. The number of amides is 2. The summed E-state index contributed by atoms with van der Waals surface area (Å²) in [5, 5.41) is 0. The van der Waals surface area contributed by atoms with Crippen molar-refractivity contribution in [3.63, 3.8) is 0 Å². The van der Waals surface area contributed by atoms with E-state index >= 15 is 0 Å². The molecule has 2 saturated heterocycles. The Hall–Kier alpha value is -2.04. The predicted molar refractivity (Wildman–Crippen MR) is 99.1 cm³/mol. The van der Waals surface area contributed by atoms with Crippen molar-refractivity contribution in [2.24, 2.45) is 11.3 Å². The standard InChI is InChI=1S/C21H28N2O3/c1-26-18-8-6-17(7-9-18)19(24)23-13-11-21(15-23)10-3-12-22(20(21)25)14-16-4-2-5-16/h6-9,16H,2-5,10-15H2,1H3/t21-/m0/s1. The summed E-state index contributed by atoms with van der Waals surface area (Å²) in [5.74, 6) is 1.76. The lowest BCUT2D eigenvalue weighted by Crippen LogP contribution is -2.52. The number of carbonyl (C=O) groups is 2. The second-order valence-electron chi connectivity index (χ2n) is 8.14. The van der Waals surface area contributed by atoms with Crippen LogP contribution in [0.2, 0.25) is 0 Å². The van der Waals surface area contributed by atoms with Crippen molar-refractivity contribution in [3.05, 3.63) is 29.8 Å². The molecule has 0 N–H and O–H groups in total. The van der Waals surface area contributed by atoms with Gasteiger partial charge in [-0.15, -0.1) is 0 Å². The summed E-state index contributed by atoms with van der Waals surface area (Å²) in [6.07, 6.45) is 6.61. The maximum absolute atomic E-state index is 13.2. The third-order valence-electron chi connectivity index (χ3n) is 6.51. The minimum absolute atomic E-state index is 0.0217. The molecular weight excluding hydrogens is 328 g/mol. The zero-order chi connectivity index (χ0) is 18.1. The average Bonchev–Trinajstić information content (AvgIpc) is 3.06. The number of benzene rings is 1. The summed E-state index contributed by atoms with van der Waals surface area (Å²) in [6.45, 7) is 3.06. The van der Waals surface area contributed by atoms with Crippen molar-refractivity contribution in [2.75, 3.05) is 33.3 Å². The summed E-state index contributed by atoms with van der Waals surface area (Å²) >= 11 is 0. The van der Waals surface area contributed by atoms with Gasteiger partial charge >= 0.3 is 0 Å². The van der Waals surface area contributed by atoms with Crippen molar-refractivity contribution in [1.82, 2.24) is 9.80 Å². The summed E-state index contributed by atoms with van der Waals surface area (Å²) in [4.78, 5) is 30.0. The van der Waals surface area contributed by atoms with Gasteiger partial charge in [0.05, 0.1) is 12.5 Å². The van der Waals surface area contributed by atoms with Crippen LogP contribution in [0.4, 0.5) is 0 Å². The number of carbonyl (C=O) groups excluding carboxylic acids is 2. The van der Waals surface area contributed by atoms with Crippen LogP contribution >= 0.6 is 0 Å². The highest BCUT2D eigenvalue weighted by molar-refractivity contribution is 5.95. The fourth-order valence-corrected chi connectivity index (χ4v) is 4.65. The minimum Gasteiger partial charge on any atom is -0.497 e. The highest BCUT2D eigenvalue weighted by Gasteiger charge is 2.49. The van der Waals surface area contributed by atoms with Crippen LogP contribution in [0.5, 0.6) is 5.75 Å². The zero-order valence-electron chi connectivity index (χ0n) is 15.6. The highest BCUT2D eigenvalue weighted by atomic mass is 16.5. The van der Waals surface area contributed by atoms with E-state index < -0.39 is 0 Å². The van der Waals surface area contributed by atoms with Gasteiger partial charge in [-0.05, 0) is 62.3 Å². The molecule has 2 amide bonds. The van der Waals surface area contributed by atoms with E-state index in [2.05, 4.69) is 4.90 Å². The summed E-state index contributed by atoms with van der Waals surface area (Å²) in [5.41, 5.74) is 0.321. The lowest BCUT2D eigenvalue weighted by atomic mass is 9.77. The molecule has 1 aromatic rings. The highest BCUT2D eigenvalue weighted by Crippen LogP contribution is 2.41. The molecular formula is C21H28N2O3. The van der Waals surface area contributed by atoms with E-state index in [4.69, 9.17) is 4.74 Å². The number of hydrogen-bond acceptors (Lipinski definition) is 3. The molecule has 5 heteroatoms. The van der Waals surface area contributed by atoms with Crippen LogP contribution in [0.15, 0.2) is 24.3 Å². The maximum atomic E-state index is 13.2. The topological polar surface area (TPSA) is 49.9 Å². The first kappa shape index (κ1) is 17.4. The Morgan fingerprint density at radius 2 is 1.92 bits per heavy atom. The Morgan fingerprint density at radius 1 is 1.15 bits per heavy atom. The lowest BCUT2D eigenvalue weighted by Gasteiger charge is -2.42. The van der Waals surface area contributed by atoms with E-state index in [0.717, 1.165) is 38.1 Å². The Labute approximate surface area is 155 Å². The van der Waals surface area contributed by atoms with E-state index in [1.54, 1.807) is 19.2 Å². The molecule has 2 heterocycles. The second kappa shape index (κ2) is 6.93. The molecule has 1 atom stereocenters. The fraction of sp³-hybridized carbons (Fsp3) is 0.619. The van der Waals surface area contributed by atoms with Gasteiger partial charge in [-0.25, -0.2) is 0 Å². The first-order chi connectivity index (χ1) is 12.6. The Balaban J connectivity index is 1.44. The fourth-order valence-electron chi connectivity index (χ4n) is 4.65. The van der Waals surface area contributed by atoms with E-state index in [9.17, 15) is 9.59 Å². The number of hydrogen-bond donors (Lipinski definition) is 0. The molecule has 0 bridgehead atoms. The monoisotopic (exact) mass is 356 g/mol. The molecule has 3 aliphatic rings. The Bertz CT molecular complexity index is 683. The normalized spacial score (nSPS) is 26.3. The summed E-state index contributed by atoms with van der Waals surface area (Å²) in [7, 11) is 1.62. The lowest BCUT2D eigenvalue weighted by molar-refractivity contribution is -0.146. The van der Waals surface area contributed by atoms with Gasteiger partial charge in [0, 0.05) is 31.7 Å². The van der Waals surface area contributed by atoms with Crippen LogP contribution in [-0.4, -0.2) is 54.9 Å². The van der Waals surface area contributed by atoms with Crippen LogP contribution in [0.25, 0.3) is 0 Å². The molecule has 1 spiro atoms. The van der Waals surface area contributed by atoms with Crippen molar-refractivity contribution in [2.45, 2.75) is 38.5 Å². The molecule has 0 aromatic heterocycles. The van der Waals surface area contributed by atoms with Gasteiger partial charge in [0.1, 0.15) is 5.75 Å². The average molecular weight is 356 g/mol. The molecule has 0 radical (unpaired) electrons. The molecule has 2 aliphatic heterocycles. The number of methoxy groups -OCH3 is 1. The quantitative estimate of drug-likeness (QED) is 0.833. The number of ether oxygens (including phenoxy) is 1. The van der Waals surface area contributed by atoms with Gasteiger partial charge in [0.25, 0.3) is 5.91 Å². The zero-order valence-corrected chi connectivity index (χ0v) is 15.6. The molecule has 1 saturated carbocycles. The molecule has 4 rings (SSSR count). The largest absolute Gasteiger partial charge is 0.497 e. The predicted octanol–water partition coefficient (Wildman–Crippen LogP) is 2.95. The molecule has 1 aromatic carbocycles. The molecule has 1 aliphatic carbocycles. The Kier molecular flexibility index (Phi) is 4.63. The van der Waals surface area contributed by atoms with Crippen LogP contribution in [0, 0.1) is 11.3 Å². The van der Waals surface area contributed by atoms with Gasteiger partial charge in [0.2, 0.25) is 5.91 Å². The first-order valence-corrected chi connectivity index (χ1v) is 9.84. The van der Waals surface area contributed by atoms with Crippen LogP contribution in [0.3, 0.4) is 0 Å². The van der Waals surface area contributed by atoms with Crippen molar-refractivity contribution < 1.29 is 14.3 Å². The van der Waals surface area contributed by atoms with Crippen LogP contribution < -0.4 is 4.74 Å². The van der Waals surface area contributed by atoms with Crippen LogP contribution in [0.1, 0.15) is 48.9 Å². The smallest absolute Gasteiger partial charge is 0.253 e. The van der Waals surface area contributed by atoms with Crippen molar-refractivity contribution in [3.8, 4) is 5.75 Å². The van der Waals surface area contributed by atoms with Crippen molar-refractivity contribution in [1.29, 1.82) is 0 Å². The third-order valence-corrected chi connectivity index (χ3v) is 6.51. The Morgan fingerprint density at radius 3 is 2.58 bits per heavy atom. The van der Waals surface area contributed by atoms with Gasteiger partial charge in [-0.2, -0.15) is 0 Å². The van der Waals surface area contributed by atoms with Gasteiger partial charge < -0.3 is 14.5 Å². The van der Waals surface area contributed by atoms with Gasteiger partial charge in [-0.3, -0.25) is 9.59 Å². The number of nitrogens with zero attached hydrogens (tertiary/aromatic N) is 2. The second-order valence-corrected chi connectivity index (χ2v) is 8.14. The van der Waals surface area contributed by atoms with E-state index in [-0.39, 0.29) is 11.3 Å². The maximum Gasteiger partial charge on any atom is 0.253 e. The van der Waals surface area contributed by atoms with E-state index in [1.165, 1.54) is 19.3 Å². The SMILES string of the molecule is COc1ccc(C(=O)N2CC[C@@]3(CCCN(CC4CCC4)C3=O)C2)cc1. The van der Waals surface area contributed by atoms with E-state index in [1.807, 2.05) is 17.0 Å². The minimum atomic E-state index is -0.343. The molecule has 0 unspecified atom stereocenters. The molecule has 3 fully saturated rings. The number of rotatable bonds is 4.